The normalized spacial score (nSPS) is 11.1. The number of hydrogen-bond donors (Lipinski definition) is 1. The molecular weight excluding hydrogens is 246 g/mol. The third-order valence-electron chi connectivity index (χ3n) is 1.58. The van der Waals surface area contributed by atoms with Crippen LogP contribution in [-0.2, 0) is 26.6 Å². The first kappa shape index (κ1) is 16.4. The molecule has 89 valence electrons. The number of allylic oxidation sites excluding steroid dienone is 1. The molecule has 0 aromatic heterocycles. The van der Waals surface area contributed by atoms with Gasteiger partial charge in [0.15, 0.2) is 0 Å². The van der Waals surface area contributed by atoms with E-state index in [0.717, 1.165) is 6.42 Å². The van der Waals surface area contributed by atoms with Crippen molar-refractivity contribution in [3.63, 3.8) is 0 Å². The summed E-state index contributed by atoms with van der Waals surface area (Å²) in [4.78, 5) is 14.0. The number of aliphatic hydroxyl groups is 1. The van der Waals surface area contributed by atoms with Crippen molar-refractivity contribution in [2.24, 2.45) is 5.92 Å². The van der Waals surface area contributed by atoms with Crippen molar-refractivity contribution in [3.05, 3.63) is 22.9 Å². The number of aliphatic hydroxyl groups excluding tert-OH is 1. The van der Waals surface area contributed by atoms with Crippen LogP contribution >= 0.6 is 0 Å². The molecule has 0 atom stereocenters. The van der Waals surface area contributed by atoms with Crippen LogP contribution in [0.4, 0.5) is 0 Å². The predicted molar refractivity (Wildman–Crippen MR) is 52.3 cm³/mol. The first-order valence-electron chi connectivity index (χ1n) is 4.43. The molecule has 0 aliphatic heterocycles. The van der Waals surface area contributed by atoms with E-state index in [1.54, 1.807) is 0 Å². The van der Waals surface area contributed by atoms with Gasteiger partial charge in [0.2, 0.25) is 0 Å². The van der Waals surface area contributed by atoms with Gasteiger partial charge in [-0.15, -0.1) is 0 Å². The van der Waals surface area contributed by atoms with Gasteiger partial charge in [-0.3, -0.25) is 4.79 Å². The van der Waals surface area contributed by atoms with Crippen molar-refractivity contribution in [2.75, 3.05) is 6.61 Å². The van der Waals surface area contributed by atoms with Gasteiger partial charge in [0.1, 0.15) is 5.76 Å². The molecule has 0 aliphatic rings. The van der Waals surface area contributed by atoms with Gasteiger partial charge in [-0.2, -0.15) is 0 Å². The van der Waals surface area contributed by atoms with Crippen LogP contribution in [0.5, 0.6) is 0 Å². The van der Waals surface area contributed by atoms with Crippen molar-refractivity contribution in [1.82, 2.24) is 0 Å². The SMILES string of the molecule is [C-]#[N+]/C(C(=O)OCCC(C)C)=C(\C)O.[Cu]. The second kappa shape index (κ2) is 8.34. The van der Waals surface area contributed by atoms with Gasteiger partial charge >= 0.3 is 11.7 Å². The fraction of sp³-hybridized carbons (Fsp3) is 0.600. The van der Waals surface area contributed by atoms with E-state index in [1.807, 2.05) is 13.8 Å². The molecule has 0 aromatic rings. The molecule has 1 radical (unpaired) electrons. The van der Waals surface area contributed by atoms with E-state index in [-0.39, 0.29) is 35.1 Å². The Bertz CT molecular complexity index is 275. The summed E-state index contributed by atoms with van der Waals surface area (Å²) in [6.45, 7) is 12.2. The molecule has 0 unspecified atom stereocenters. The monoisotopic (exact) mass is 260 g/mol. The molecule has 0 amide bonds. The van der Waals surface area contributed by atoms with E-state index >= 15 is 0 Å². The standard InChI is InChI=1S/C10H15NO3.Cu/c1-7(2)5-6-14-10(13)9(11-4)8(3)12;/h7,12H,5-6H2,1-3H3;/b9-8+;. The van der Waals surface area contributed by atoms with Gasteiger partial charge in [0.05, 0.1) is 13.2 Å². The maximum atomic E-state index is 11.1. The summed E-state index contributed by atoms with van der Waals surface area (Å²) in [5.41, 5.74) is -0.339. The van der Waals surface area contributed by atoms with Crippen molar-refractivity contribution < 1.29 is 31.7 Å². The molecule has 0 bridgehead atoms. The summed E-state index contributed by atoms with van der Waals surface area (Å²) >= 11 is 0. The van der Waals surface area contributed by atoms with E-state index in [2.05, 4.69) is 4.85 Å². The van der Waals surface area contributed by atoms with Crippen LogP contribution in [0.3, 0.4) is 0 Å². The first-order valence-corrected chi connectivity index (χ1v) is 4.43. The zero-order valence-corrected chi connectivity index (χ0v) is 9.95. The Hall–Kier alpha value is -0.981. The van der Waals surface area contributed by atoms with E-state index in [0.29, 0.717) is 5.92 Å². The average molecular weight is 261 g/mol. The van der Waals surface area contributed by atoms with Gasteiger partial charge < -0.3 is 9.84 Å². The molecule has 0 fully saturated rings. The summed E-state index contributed by atoms with van der Waals surface area (Å²) in [7, 11) is 0. The zero-order chi connectivity index (χ0) is 11.1. The number of rotatable bonds is 4. The summed E-state index contributed by atoms with van der Waals surface area (Å²) < 4.78 is 4.80. The van der Waals surface area contributed by atoms with Gasteiger partial charge in [-0.05, 0) is 19.3 Å². The van der Waals surface area contributed by atoms with Crippen LogP contribution in [-0.4, -0.2) is 17.7 Å². The van der Waals surface area contributed by atoms with E-state index in [4.69, 9.17) is 16.4 Å². The second-order valence-corrected chi connectivity index (χ2v) is 3.36. The largest absolute Gasteiger partial charge is 0.523 e. The molecule has 1 N–H and O–H groups in total. The summed E-state index contributed by atoms with van der Waals surface area (Å²) in [6.07, 6.45) is 0.751. The Kier molecular flexibility index (Phi) is 9.14. The topological polar surface area (TPSA) is 50.9 Å². The molecule has 0 saturated carbocycles. The molecule has 0 aromatic carbocycles. The fourth-order valence-electron chi connectivity index (χ4n) is 0.730. The molecule has 0 heterocycles. The quantitative estimate of drug-likeness (QED) is 0.277. The van der Waals surface area contributed by atoms with Crippen molar-refractivity contribution in [1.29, 1.82) is 0 Å². The van der Waals surface area contributed by atoms with Crippen molar-refractivity contribution in [3.8, 4) is 0 Å². The van der Waals surface area contributed by atoms with Crippen LogP contribution in [0.1, 0.15) is 27.2 Å². The number of carbonyl (C=O) groups is 1. The molecule has 0 rings (SSSR count). The smallest absolute Gasteiger partial charge is 0.339 e. The molecule has 5 heteroatoms. The molecule has 15 heavy (non-hydrogen) atoms. The van der Waals surface area contributed by atoms with Crippen LogP contribution in [0.25, 0.3) is 4.85 Å². The summed E-state index contributed by atoms with van der Waals surface area (Å²) in [5, 5.41) is 8.96. The first-order chi connectivity index (χ1) is 6.49. The molecule has 0 spiro atoms. The van der Waals surface area contributed by atoms with Crippen LogP contribution < -0.4 is 0 Å². The number of hydrogen-bond acceptors (Lipinski definition) is 3. The number of nitrogens with zero attached hydrogens (tertiary/aromatic N) is 1. The zero-order valence-electron chi connectivity index (χ0n) is 9.00. The van der Waals surface area contributed by atoms with E-state index < -0.39 is 5.97 Å². The molecule has 4 nitrogen and oxygen atoms in total. The number of esters is 1. The Morgan fingerprint density at radius 1 is 1.53 bits per heavy atom. The fourth-order valence-corrected chi connectivity index (χ4v) is 0.730. The number of carbonyl (C=O) groups excluding carboxylic acids is 1. The van der Waals surface area contributed by atoms with Gasteiger partial charge in [0, 0.05) is 17.1 Å². The van der Waals surface area contributed by atoms with Crippen LogP contribution in [0.2, 0.25) is 0 Å². The average Bonchev–Trinajstić information content (AvgIpc) is 2.03. The van der Waals surface area contributed by atoms with Crippen molar-refractivity contribution >= 4 is 5.97 Å². The maximum Gasteiger partial charge on any atom is 0.339 e. The number of ether oxygens (including phenoxy) is 1. The Balaban J connectivity index is 0. The molecule has 0 aliphatic carbocycles. The van der Waals surface area contributed by atoms with Crippen LogP contribution in [0.15, 0.2) is 11.5 Å². The minimum Gasteiger partial charge on any atom is -0.523 e. The minimum atomic E-state index is -0.749. The summed E-state index contributed by atoms with van der Waals surface area (Å²) in [5.74, 6) is -0.603. The third-order valence-corrected chi connectivity index (χ3v) is 1.58. The molecular formula is C10H15CuNO3. The Morgan fingerprint density at radius 2 is 2.07 bits per heavy atom. The minimum absolute atomic E-state index is 0. The van der Waals surface area contributed by atoms with Crippen LogP contribution in [0, 0.1) is 12.5 Å². The van der Waals surface area contributed by atoms with Gasteiger partial charge in [-0.1, -0.05) is 13.8 Å². The third kappa shape index (κ3) is 7.01. The second-order valence-electron chi connectivity index (χ2n) is 3.36. The predicted octanol–water partition coefficient (Wildman–Crippen LogP) is 2.28. The van der Waals surface area contributed by atoms with Gasteiger partial charge in [-0.25, -0.2) is 4.85 Å². The summed E-state index contributed by atoms with van der Waals surface area (Å²) in [6, 6.07) is 0. The maximum absolute atomic E-state index is 11.1. The van der Waals surface area contributed by atoms with Gasteiger partial charge in [0.25, 0.3) is 0 Å². The van der Waals surface area contributed by atoms with Crippen molar-refractivity contribution in [2.45, 2.75) is 27.2 Å². The van der Waals surface area contributed by atoms with E-state index in [1.165, 1.54) is 6.92 Å². The Morgan fingerprint density at radius 3 is 2.40 bits per heavy atom. The van der Waals surface area contributed by atoms with E-state index in [9.17, 15) is 4.79 Å². The molecule has 0 saturated heterocycles. The Labute approximate surface area is 101 Å².